The molecule has 1 N–H and O–H groups in total. The number of rotatable bonds is 8. The van der Waals surface area contributed by atoms with Gasteiger partial charge in [-0.1, -0.05) is 80.6 Å². The topological polar surface area (TPSA) is 55.4 Å². The van der Waals surface area contributed by atoms with Gasteiger partial charge in [0, 0.05) is 18.0 Å². The van der Waals surface area contributed by atoms with E-state index >= 15 is 0 Å². The predicted octanol–water partition coefficient (Wildman–Crippen LogP) is 4.86. The molecule has 1 amide bonds. The van der Waals surface area contributed by atoms with Crippen molar-refractivity contribution in [2.45, 2.75) is 26.9 Å². The number of nitrogens with one attached hydrogen (secondary N) is 1. The third-order valence-electron chi connectivity index (χ3n) is 3.82. The van der Waals surface area contributed by atoms with Gasteiger partial charge in [-0.25, -0.2) is 4.79 Å². The molecule has 0 aliphatic heterocycles. The normalized spacial score (nSPS) is 10.9. The Balaban J connectivity index is 1.67. The van der Waals surface area contributed by atoms with Crippen molar-refractivity contribution < 1.29 is 14.3 Å². The van der Waals surface area contributed by atoms with E-state index in [4.69, 9.17) is 4.74 Å². The summed E-state index contributed by atoms with van der Waals surface area (Å²) in [6.07, 6.45) is 4.24. The van der Waals surface area contributed by atoms with Crippen molar-refractivity contribution in [1.82, 2.24) is 5.32 Å². The molecule has 2 aromatic carbocycles. The van der Waals surface area contributed by atoms with Crippen molar-refractivity contribution in [3.63, 3.8) is 0 Å². The lowest BCUT2D eigenvalue weighted by Crippen LogP contribution is -2.24. The van der Waals surface area contributed by atoms with E-state index in [1.807, 2.05) is 80.6 Å². The molecule has 4 nitrogen and oxygen atoms in total. The Morgan fingerprint density at radius 1 is 1.04 bits per heavy atom. The summed E-state index contributed by atoms with van der Waals surface area (Å²) in [6, 6.07) is 17.1. The minimum Gasteiger partial charge on any atom is -0.445 e. The number of carbonyl (C=O) groups excluding carboxylic acids is 2. The van der Waals surface area contributed by atoms with Crippen LogP contribution in [-0.4, -0.2) is 18.4 Å². The minimum atomic E-state index is -0.418. The Kier molecular flexibility index (Phi) is 7.62. The highest BCUT2D eigenvalue weighted by Crippen LogP contribution is 2.11. The van der Waals surface area contributed by atoms with Gasteiger partial charge in [-0.15, -0.1) is 0 Å². The molecule has 0 bridgehead atoms. The van der Waals surface area contributed by atoms with Crippen molar-refractivity contribution in [2.75, 3.05) is 6.54 Å². The van der Waals surface area contributed by atoms with Gasteiger partial charge < -0.3 is 10.1 Å². The highest BCUT2D eigenvalue weighted by Gasteiger charge is 2.09. The molecule has 0 fully saturated rings. The van der Waals surface area contributed by atoms with Crippen LogP contribution < -0.4 is 5.32 Å². The van der Waals surface area contributed by atoms with Gasteiger partial charge >= 0.3 is 6.09 Å². The monoisotopic (exact) mass is 351 g/mol. The summed E-state index contributed by atoms with van der Waals surface area (Å²) in [5.41, 5.74) is 2.72. The zero-order valence-corrected chi connectivity index (χ0v) is 15.3. The van der Waals surface area contributed by atoms with Crippen LogP contribution in [-0.2, 0) is 11.3 Å². The van der Waals surface area contributed by atoms with E-state index in [0.717, 1.165) is 16.7 Å². The highest BCUT2D eigenvalue weighted by molar-refractivity contribution is 5.97. The van der Waals surface area contributed by atoms with Crippen LogP contribution in [0.25, 0.3) is 6.08 Å². The molecule has 0 saturated heterocycles. The molecular weight excluding hydrogens is 326 g/mol. The fourth-order valence-electron chi connectivity index (χ4n) is 2.34. The van der Waals surface area contributed by atoms with E-state index < -0.39 is 6.09 Å². The summed E-state index contributed by atoms with van der Waals surface area (Å²) < 4.78 is 5.14. The van der Waals surface area contributed by atoms with Gasteiger partial charge in [-0.3, -0.25) is 4.79 Å². The van der Waals surface area contributed by atoms with Crippen LogP contribution in [0.2, 0.25) is 0 Å². The third-order valence-corrected chi connectivity index (χ3v) is 3.82. The molecule has 0 unspecified atom stereocenters. The number of carbonyl (C=O) groups is 2. The number of alkyl carbamates (subject to hydrolysis) is 1. The second-order valence-electron chi connectivity index (χ2n) is 6.32. The van der Waals surface area contributed by atoms with Crippen LogP contribution in [0.1, 0.15) is 41.8 Å². The van der Waals surface area contributed by atoms with Crippen molar-refractivity contribution in [3.05, 3.63) is 77.4 Å². The summed E-state index contributed by atoms with van der Waals surface area (Å²) in [4.78, 5) is 23.5. The number of Topliss-reactive ketones (excluding diaryl/α,β-unsaturated/α-hetero) is 1. The molecule has 0 aliphatic rings. The first-order valence-electron chi connectivity index (χ1n) is 8.81. The van der Waals surface area contributed by atoms with E-state index in [0.29, 0.717) is 13.0 Å². The van der Waals surface area contributed by atoms with Crippen LogP contribution in [0.3, 0.4) is 0 Å². The molecule has 0 heterocycles. The number of hydrogen-bond donors (Lipinski definition) is 1. The Labute approximate surface area is 154 Å². The third kappa shape index (κ3) is 6.55. The molecule has 136 valence electrons. The molecule has 0 aliphatic carbocycles. The summed E-state index contributed by atoms with van der Waals surface area (Å²) in [7, 11) is 0. The second kappa shape index (κ2) is 10.2. The molecule has 0 radical (unpaired) electrons. The summed E-state index contributed by atoms with van der Waals surface area (Å²) >= 11 is 0. The fourth-order valence-corrected chi connectivity index (χ4v) is 2.34. The lowest BCUT2D eigenvalue weighted by atomic mass is 10.00. The first-order valence-corrected chi connectivity index (χ1v) is 8.81. The summed E-state index contributed by atoms with van der Waals surface area (Å²) in [6.45, 7) is 4.57. The lowest BCUT2D eigenvalue weighted by Gasteiger charge is -2.06. The Bertz CT molecular complexity index is 734. The van der Waals surface area contributed by atoms with E-state index in [-0.39, 0.29) is 18.3 Å². The van der Waals surface area contributed by atoms with E-state index in [9.17, 15) is 9.59 Å². The summed E-state index contributed by atoms with van der Waals surface area (Å²) in [5, 5.41) is 2.72. The highest BCUT2D eigenvalue weighted by atomic mass is 16.5. The van der Waals surface area contributed by atoms with Crippen LogP contribution in [0.4, 0.5) is 4.79 Å². The van der Waals surface area contributed by atoms with Gasteiger partial charge in [-0.05, 0) is 17.5 Å². The fraction of sp³-hybridized carbons (Fsp3) is 0.273. The number of ether oxygens (including phenoxy) is 1. The smallest absolute Gasteiger partial charge is 0.407 e. The van der Waals surface area contributed by atoms with Gasteiger partial charge in [-0.2, -0.15) is 0 Å². The van der Waals surface area contributed by atoms with Crippen LogP contribution in [0.5, 0.6) is 0 Å². The molecule has 4 heteroatoms. The molecule has 26 heavy (non-hydrogen) atoms. The number of amides is 1. The van der Waals surface area contributed by atoms with Gasteiger partial charge in [0.2, 0.25) is 0 Å². The SMILES string of the molecule is CC(C)C(=O)c1ccc(C=CCCNC(=O)OCc2ccccc2)cc1. The van der Waals surface area contributed by atoms with Gasteiger partial charge in [0.25, 0.3) is 0 Å². The van der Waals surface area contributed by atoms with E-state index in [1.54, 1.807) is 0 Å². The standard InChI is InChI=1S/C22H25NO3/c1-17(2)21(24)20-13-11-18(12-14-20)8-6-7-15-23-22(25)26-16-19-9-4-3-5-10-19/h3-6,8-14,17H,7,15-16H2,1-2H3,(H,23,25). The minimum absolute atomic E-state index is 0.00381. The van der Waals surface area contributed by atoms with Crippen molar-refractivity contribution in [2.24, 2.45) is 5.92 Å². The van der Waals surface area contributed by atoms with E-state index in [2.05, 4.69) is 5.32 Å². The first-order chi connectivity index (χ1) is 12.6. The maximum Gasteiger partial charge on any atom is 0.407 e. The Morgan fingerprint density at radius 3 is 2.38 bits per heavy atom. The van der Waals surface area contributed by atoms with Gasteiger partial charge in [0.05, 0.1) is 0 Å². The zero-order valence-electron chi connectivity index (χ0n) is 15.3. The number of hydrogen-bond acceptors (Lipinski definition) is 3. The van der Waals surface area contributed by atoms with Crippen molar-refractivity contribution >= 4 is 18.0 Å². The molecule has 0 aromatic heterocycles. The molecule has 0 spiro atoms. The summed E-state index contributed by atoms with van der Waals surface area (Å²) in [5.74, 6) is 0.155. The molecule has 0 saturated carbocycles. The predicted molar refractivity (Wildman–Crippen MR) is 104 cm³/mol. The lowest BCUT2D eigenvalue weighted by molar-refractivity contribution is 0.0939. The van der Waals surface area contributed by atoms with E-state index in [1.165, 1.54) is 0 Å². The first kappa shape index (κ1) is 19.4. The molecule has 0 atom stereocenters. The quantitative estimate of drug-likeness (QED) is 0.546. The maximum atomic E-state index is 11.9. The number of ketones is 1. The average Bonchev–Trinajstić information content (AvgIpc) is 2.66. The van der Waals surface area contributed by atoms with Gasteiger partial charge in [0.15, 0.2) is 5.78 Å². The largest absolute Gasteiger partial charge is 0.445 e. The van der Waals surface area contributed by atoms with Crippen molar-refractivity contribution in [3.8, 4) is 0 Å². The molecule has 2 aromatic rings. The Morgan fingerprint density at radius 2 is 1.73 bits per heavy atom. The zero-order chi connectivity index (χ0) is 18.8. The van der Waals surface area contributed by atoms with Crippen LogP contribution in [0, 0.1) is 5.92 Å². The van der Waals surface area contributed by atoms with Crippen LogP contribution >= 0.6 is 0 Å². The average molecular weight is 351 g/mol. The molecule has 2 rings (SSSR count). The number of benzene rings is 2. The van der Waals surface area contributed by atoms with Gasteiger partial charge in [0.1, 0.15) is 6.61 Å². The van der Waals surface area contributed by atoms with Crippen molar-refractivity contribution in [1.29, 1.82) is 0 Å². The maximum absolute atomic E-state index is 11.9. The molecular formula is C22H25NO3. The second-order valence-corrected chi connectivity index (χ2v) is 6.32. The van der Waals surface area contributed by atoms with Crippen LogP contribution in [0.15, 0.2) is 60.7 Å². The Hall–Kier alpha value is -2.88.